The van der Waals surface area contributed by atoms with E-state index in [9.17, 15) is 9.59 Å². The van der Waals surface area contributed by atoms with E-state index < -0.39 is 12.1 Å². The first-order valence-corrected chi connectivity index (χ1v) is 8.90. The van der Waals surface area contributed by atoms with Crippen molar-refractivity contribution in [1.82, 2.24) is 4.90 Å². The van der Waals surface area contributed by atoms with Gasteiger partial charge in [-0.3, -0.25) is 4.90 Å². The second-order valence-corrected chi connectivity index (χ2v) is 5.97. The SMILES string of the molecule is CCCCCCCCOC(=O)C1CCCN1C(=O)OCCCl. The second-order valence-electron chi connectivity index (χ2n) is 5.59. The van der Waals surface area contributed by atoms with Crippen LogP contribution < -0.4 is 0 Å². The van der Waals surface area contributed by atoms with E-state index in [0.29, 0.717) is 19.6 Å². The van der Waals surface area contributed by atoms with E-state index in [1.165, 1.54) is 30.6 Å². The maximum Gasteiger partial charge on any atom is 0.410 e. The number of ether oxygens (including phenoxy) is 2. The highest BCUT2D eigenvalue weighted by Crippen LogP contribution is 2.19. The molecule has 1 aliphatic rings. The first kappa shape index (κ1) is 19.1. The summed E-state index contributed by atoms with van der Waals surface area (Å²) in [5.74, 6) is -0.0545. The van der Waals surface area contributed by atoms with Crippen LogP contribution in [0.4, 0.5) is 4.79 Å². The lowest BCUT2D eigenvalue weighted by Crippen LogP contribution is -2.42. The Morgan fingerprint density at radius 3 is 2.55 bits per heavy atom. The van der Waals surface area contributed by atoms with Crippen LogP contribution in [0.3, 0.4) is 0 Å². The summed E-state index contributed by atoms with van der Waals surface area (Å²) in [4.78, 5) is 25.4. The van der Waals surface area contributed by atoms with Crippen molar-refractivity contribution in [2.24, 2.45) is 0 Å². The van der Waals surface area contributed by atoms with Gasteiger partial charge in [0, 0.05) is 6.54 Å². The molecule has 22 heavy (non-hydrogen) atoms. The van der Waals surface area contributed by atoms with E-state index >= 15 is 0 Å². The van der Waals surface area contributed by atoms with Gasteiger partial charge in [0.1, 0.15) is 12.6 Å². The molecule has 5 nitrogen and oxygen atoms in total. The van der Waals surface area contributed by atoms with Gasteiger partial charge in [-0.2, -0.15) is 0 Å². The zero-order chi connectivity index (χ0) is 16.2. The molecule has 0 aromatic carbocycles. The molecule has 0 radical (unpaired) electrons. The van der Waals surface area contributed by atoms with Crippen molar-refractivity contribution in [3.8, 4) is 0 Å². The lowest BCUT2D eigenvalue weighted by Gasteiger charge is -2.22. The molecular formula is C16H28ClNO4. The standard InChI is InChI=1S/C16H28ClNO4/c1-2-3-4-5-6-7-12-21-15(19)14-9-8-11-18(14)16(20)22-13-10-17/h14H,2-13H2,1H3. The number of esters is 1. The first-order valence-electron chi connectivity index (χ1n) is 8.36. The molecule has 1 aliphatic heterocycles. The van der Waals surface area contributed by atoms with Crippen LogP contribution in [0.5, 0.6) is 0 Å². The van der Waals surface area contributed by atoms with Crippen LogP contribution in [0.15, 0.2) is 0 Å². The van der Waals surface area contributed by atoms with Gasteiger partial charge in [0.05, 0.1) is 12.5 Å². The summed E-state index contributed by atoms with van der Waals surface area (Å²) < 4.78 is 10.3. The van der Waals surface area contributed by atoms with E-state index in [1.807, 2.05) is 0 Å². The molecular weight excluding hydrogens is 306 g/mol. The van der Waals surface area contributed by atoms with Gasteiger partial charge in [0.15, 0.2) is 0 Å². The molecule has 0 saturated carbocycles. The molecule has 0 aromatic heterocycles. The average Bonchev–Trinajstić information content (AvgIpc) is 3.01. The van der Waals surface area contributed by atoms with Gasteiger partial charge < -0.3 is 9.47 Å². The number of unbranched alkanes of at least 4 members (excludes halogenated alkanes) is 5. The molecule has 0 bridgehead atoms. The molecule has 1 amide bonds. The monoisotopic (exact) mass is 333 g/mol. The fourth-order valence-electron chi connectivity index (χ4n) is 2.59. The van der Waals surface area contributed by atoms with E-state index in [4.69, 9.17) is 21.1 Å². The Morgan fingerprint density at radius 1 is 1.09 bits per heavy atom. The molecule has 0 aliphatic carbocycles. The number of halogens is 1. The molecule has 1 saturated heterocycles. The minimum Gasteiger partial charge on any atom is -0.464 e. The van der Waals surface area contributed by atoms with Crippen molar-refractivity contribution in [2.75, 3.05) is 25.6 Å². The summed E-state index contributed by atoms with van der Waals surface area (Å²) in [5.41, 5.74) is 0. The molecule has 1 atom stereocenters. The molecule has 0 aromatic rings. The molecule has 1 rings (SSSR count). The first-order chi connectivity index (χ1) is 10.7. The van der Waals surface area contributed by atoms with Crippen LogP contribution in [0.1, 0.15) is 58.3 Å². The maximum atomic E-state index is 12.1. The van der Waals surface area contributed by atoms with Crippen LogP contribution in [-0.2, 0) is 14.3 Å². The Bertz CT molecular complexity index is 338. The number of rotatable bonds is 10. The third-order valence-corrected chi connectivity index (χ3v) is 3.96. The summed E-state index contributed by atoms with van der Waals surface area (Å²) in [6, 6.07) is -0.497. The summed E-state index contributed by atoms with van der Waals surface area (Å²) in [6.45, 7) is 3.33. The van der Waals surface area contributed by atoms with Gasteiger partial charge in [-0.15, -0.1) is 11.6 Å². The zero-order valence-electron chi connectivity index (χ0n) is 13.5. The summed E-state index contributed by atoms with van der Waals surface area (Å²) in [7, 11) is 0. The van der Waals surface area contributed by atoms with Crippen molar-refractivity contribution in [3.63, 3.8) is 0 Å². The number of hydrogen-bond donors (Lipinski definition) is 0. The third-order valence-electron chi connectivity index (χ3n) is 3.80. The van der Waals surface area contributed by atoms with Gasteiger partial charge in [0.2, 0.25) is 0 Å². The largest absolute Gasteiger partial charge is 0.464 e. The predicted octanol–water partition coefficient (Wildman–Crippen LogP) is 3.73. The van der Waals surface area contributed by atoms with Crippen molar-refractivity contribution in [1.29, 1.82) is 0 Å². The second kappa shape index (κ2) is 11.6. The Kier molecular flexibility index (Phi) is 10.0. The minimum atomic E-state index is -0.497. The van der Waals surface area contributed by atoms with Crippen molar-refractivity contribution < 1.29 is 19.1 Å². The van der Waals surface area contributed by atoms with Gasteiger partial charge in [0.25, 0.3) is 0 Å². The number of alkyl halides is 1. The number of likely N-dealkylation sites (tertiary alicyclic amines) is 1. The average molecular weight is 334 g/mol. The smallest absolute Gasteiger partial charge is 0.410 e. The van der Waals surface area contributed by atoms with E-state index in [2.05, 4.69) is 6.92 Å². The zero-order valence-corrected chi connectivity index (χ0v) is 14.3. The van der Waals surface area contributed by atoms with Crippen LogP contribution in [0.2, 0.25) is 0 Å². The molecule has 1 heterocycles. The number of hydrogen-bond acceptors (Lipinski definition) is 4. The molecule has 0 spiro atoms. The van der Waals surface area contributed by atoms with E-state index in [0.717, 1.165) is 19.3 Å². The summed E-state index contributed by atoms with van der Waals surface area (Å²) >= 11 is 5.49. The van der Waals surface area contributed by atoms with Gasteiger partial charge in [-0.05, 0) is 19.3 Å². The Morgan fingerprint density at radius 2 is 1.82 bits per heavy atom. The fourth-order valence-corrected chi connectivity index (χ4v) is 2.67. The lowest BCUT2D eigenvalue weighted by molar-refractivity contribution is -0.148. The maximum absolute atomic E-state index is 12.1. The van der Waals surface area contributed by atoms with Crippen molar-refractivity contribution in [2.45, 2.75) is 64.3 Å². The van der Waals surface area contributed by atoms with Gasteiger partial charge in [-0.25, -0.2) is 9.59 Å². The molecule has 6 heteroatoms. The predicted molar refractivity (Wildman–Crippen MR) is 86.1 cm³/mol. The molecule has 1 fully saturated rings. The third kappa shape index (κ3) is 6.86. The highest BCUT2D eigenvalue weighted by Gasteiger charge is 2.36. The van der Waals surface area contributed by atoms with Gasteiger partial charge >= 0.3 is 12.1 Å². The number of amides is 1. The topological polar surface area (TPSA) is 55.8 Å². The van der Waals surface area contributed by atoms with Gasteiger partial charge in [-0.1, -0.05) is 39.0 Å². The summed E-state index contributed by atoms with van der Waals surface area (Å²) in [5, 5.41) is 0. The fraction of sp³-hybridized carbons (Fsp3) is 0.875. The minimum absolute atomic E-state index is 0.163. The quantitative estimate of drug-likeness (QED) is 0.347. The van der Waals surface area contributed by atoms with Crippen molar-refractivity contribution >= 4 is 23.7 Å². The Balaban J connectivity index is 2.21. The molecule has 0 N–H and O–H groups in total. The highest BCUT2D eigenvalue weighted by molar-refractivity contribution is 6.18. The van der Waals surface area contributed by atoms with E-state index in [1.54, 1.807) is 0 Å². The van der Waals surface area contributed by atoms with Crippen LogP contribution in [-0.4, -0.2) is 48.6 Å². The van der Waals surface area contributed by atoms with Crippen molar-refractivity contribution in [3.05, 3.63) is 0 Å². The number of carbonyl (C=O) groups excluding carboxylic acids is 2. The van der Waals surface area contributed by atoms with Crippen LogP contribution in [0.25, 0.3) is 0 Å². The number of carbonyl (C=O) groups is 2. The lowest BCUT2D eigenvalue weighted by atomic mass is 10.1. The molecule has 1 unspecified atom stereocenters. The molecule has 128 valence electrons. The highest BCUT2D eigenvalue weighted by atomic mass is 35.5. The Hall–Kier alpha value is -0.970. The number of nitrogens with zero attached hydrogens (tertiary/aromatic N) is 1. The summed E-state index contributed by atoms with van der Waals surface area (Å²) in [6.07, 6.45) is 7.86. The normalized spacial score (nSPS) is 17.5. The Labute approximate surface area is 138 Å². The van der Waals surface area contributed by atoms with Crippen LogP contribution >= 0.6 is 11.6 Å². The van der Waals surface area contributed by atoms with Crippen LogP contribution in [0, 0.1) is 0 Å². The van der Waals surface area contributed by atoms with E-state index in [-0.39, 0.29) is 18.5 Å².